The molecule has 0 radical (unpaired) electrons. The topological polar surface area (TPSA) is 97.8 Å². The molecular weight excluding hydrogens is 500 g/mol. The van der Waals surface area contributed by atoms with E-state index in [0.717, 1.165) is 11.4 Å². The van der Waals surface area contributed by atoms with Crippen LogP contribution in [0, 0.1) is 0 Å². The average Bonchev–Trinajstić information content (AvgIpc) is 3.39. The fraction of sp³-hybridized carbons (Fsp3) is 0.360. The summed E-state index contributed by atoms with van der Waals surface area (Å²) in [4.78, 5) is 8.74. The lowest BCUT2D eigenvalue weighted by Crippen LogP contribution is -2.36. The van der Waals surface area contributed by atoms with E-state index in [1.807, 2.05) is 36.4 Å². The van der Waals surface area contributed by atoms with Gasteiger partial charge in [0, 0.05) is 18.3 Å². The first-order chi connectivity index (χ1) is 16.6. The van der Waals surface area contributed by atoms with E-state index in [9.17, 15) is 5.11 Å². The van der Waals surface area contributed by atoms with Crippen LogP contribution < -0.4 is 24.8 Å². The summed E-state index contributed by atoms with van der Waals surface area (Å²) in [5, 5.41) is 16.7. The zero-order valence-corrected chi connectivity index (χ0v) is 20.6. The minimum Gasteiger partial charge on any atom is -0.497 e. The quantitative estimate of drug-likeness (QED) is 0.317. The van der Waals surface area contributed by atoms with E-state index in [1.54, 1.807) is 25.4 Å². The van der Waals surface area contributed by atoms with Gasteiger partial charge in [-0.25, -0.2) is 4.98 Å². The average molecular weight is 529 g/mol. The Morgan fingerprint density at radius 3 is 2.41 bits per heavy atom. The molecule has 1 atom stereocenters. The Morgan fingerprint density at radius 2 is 1.71 bits per heavy atom. The van der Waals surface area contributed by atoms with E-state index in [2.05, 4.69) is 36.5 Å². The van der Waals surface area contributed by atoms with E-state index in [-0.39, 0.29) is 6.61 Å². The zero-order valence-electron chi connectivity index (χ0n) is 19.0. The maximum Gasteiger partial charge on any atom is 0.238 e. The lowest BCUT2D eigenvalue weighted by atomic mass is 10.2. The molecule has 34 heavy (non-hydrogen) atoms. The lowest BCUT2D eigenvalue weighted by molar-refractivity contribution is 0.104. The van der Waals surface area contributed by atoms with Gasteiger partial charge in [0.05, 0.1) is 17.8 Å². The van der Waals surface area contributed by atoms with Crippen molar-refractivity contribution in [3.8, 4) is 23.1 Å². The normalized spacial score (nSPS) is 14.6. The molecule has 0 bridgehead atoms. The van der Waals surface area contributed by atoms with Gasteiger partial charge >= 0.3 is 0 Å². The number of aromatic nitrogens is 2. The summed E-state index contributed by atoms with van der Waals surface area (Å²) in [7, 11) is 1.62. The van der Waals surface area contributed by atoms with Crippen molar-refractivity contribution in [3.63, 3.8) is 0 Å². The molecule has 8 nitrogen and oxygen atoms in total. The van der Waals surface area contributed by atoms with Gasteiger partial charge in [0.25, 0.3) is 0 Å². The summed E-state index contributed by atoms with van der Waals surface area (Å²) in [6.07, 6.45) is 6.02. The van der Waals surface area contributed by atoms with Gasteiger partial charge in [-0.1, -0.05) is 12.8 Å². The number of nitrogens with zero attached hydrogens (tertiary/aromatic N) is 2. The van der Waals surface area contributed by atoms with Gasteiger partial charge in [0.15, 0.2) is 0 Å². The summed E-state index contributed by atoms with van der Waals surface area (Å²) in [5.41, 5.74) is 0.800. The number of rotatable bonds is 11. The van der Waals surface area contributed by atoms with E-state index in [0.29, 0.717) is 40.4 Å². The second kappa shape index (κ2) is 12.0. The van der Waals surface area contributed by atoms with Crippen LogP contribution in [0.4, 0.5) is 11.6 Å². The van der Waals surface area contributed by atoms with Crippen molar-refractivity contribution >= 4 is 27.6 Å². The van der Waals surface area contributed by atoms with Gasteiger partial charge in [0.1, 0.15) is 30.0 Å². The minimum atomic E-state index is -0.543. The van der Waals surface area contributed by atoms with Gasteiger partial charge in [-0.2, -0.15) is 4.98 Å². The standard InChI is InChI=1S/C25H29BrN4O4/c1-32-20-10-12-22(13-11-20)34-24-23(26)15-28-25(30-24)29-18-6-8-21(9-7-18)33-16-19(31)14-27-17-4-2-3-5-17/h6-13,15,17,19,27,31H,2-5,14,16H2,1H3,(H,28,29,30). The van der Waals surface area contributed by atoms with Crippen LogP contribution in [0.15, 0.2) is 59.2 Å². The number of aliphatic hydroxyl groups excluding tert-OH is 1. The van der Waals surface area contributed by atoms with Crippen molar-refractivity contribution in [3.05, 3.63) is 59.2 Å². The van der Waals surface area contributed by atoms with E-state index < -0.39 is 6.10 Å². The number of hydrogen-bond acceptors (Lipinski definition) is 8. The number of anilines is 2. The predicted molar refractivity (Wildman–Crippen MR) is 134 cm³/mol. The highest BCUT2D eigenvalue weighted by atomic mass is 79.9. The molecule has 3 N–H and O–H groups in total. The van der Waals surface area contributed by atoms with Gasteiger partial charge in [0.2, 0.25) is 11.8 Å². The third-order valence-corrected chi connectivity index (χ3v) is 6.08. The van der Waals surface area contributed by atoms with E-state index in [1.165, 1.54) is 25.7 Å². The zero-order chi connectivity index (χ0) is 23.8. The summed E-state index contributed by atoms with van der Waals surface area (Å²) >= 11 is 3.43. The third kappa shape index (κ3) is 7.06. The van der Waals surface area contributed by atoms with Crippen molar-refractivity contribution in [1.29, 1.82) is 0 Å². The molecular formula is C25H29BrN4O4. The summed E-state index contributed by atoms with van der Waals surface area (Å²) in [6, 6.07) is 15.2. The number of ether oxygens (including phenoxy) is 3. The third-order valence-electron chi connectivity index (χ3n) is 5.54. The molecule has 1 aromatic heterocycles. The second-order valence-corrected chi connectivity index (χ2v) is 8.98. The Hall–Kier alpha value is -2.88. The van der Waals surface area contributed by atoms with Crippen LogP contribution in [0.3, 0.4) is 0 Å². The largest absolute Gasteiger partial charge is 0.497 e. The maximum absolute atomic E-state index is 10.2. The van der Waals surface area contributed by atoms with Crippen molar-refractivity contribution in [2.75, 3.05) is 25.6 Å². The van der Waals surface area contributed by atoms with Gasteiger partial charge < -0.3 is 30.0 Å². The Labute approximate surface area is 207 Å². The van der Waals surface area contributed by atoms with Crippen LogP contribution in [0.2, 0.25) is 0 Å². The monoisotopic (exact) mass is 528 g/mol. The van der Waals surface area contributed by atoms with Crippen LogP contribution in [0.25, 0.3) is 0 Å². The second-order valence-electron chi connectivity index (χ2n) is 8.13. The smallest absolute Gasteiger partial charge is 0.238 e. The molecule has 1 heterocycles. The van der Waals surface area contributed by atoms with Crippen LogP contribution >= 0.6 is 15.9 Å². The first-order valence-corrected chi connectivity index (χ1v) is 12.1. The molecule has 1 saturated carbocycles. The first kappa shape index (κ1) is 24.3. The Bertz CT molecular complexity index is 1040. The molecule has 0 aliphatic heterocycles. The number of hydrogen-bond donors (Lipinski definition) is 3. The molecule has 1 unspecified atom stereocenters. The number of halogens is 1. The highest BCUT2D eigenvalue weighted by Gasteiger charge is 2.16. The first-order valence-electron chi connectivity index (χ1n) is 11.3. The molecule has 9 heteroatoms. The van der Waals surface area contributed by atoms with Crippen molar-refractivity contribution in [2.24, 2.45) is 0 Å². The number of aliphatic hydroxyl groups is 1. The molecule has 0 amide bonds. The molecule has 4 rings (SSSR count). The summed E-state index contributed by atoms with van der Waals surface area (Å²) in [5.74, 6) is 2.86. The Balaban J connectivity index is 1.28. The molecule has 180 valence electrons. The van der Waals surface area contributed by atoms with Crippen molar-refractivity contribution < 1.29 is 19.3 Å². The number of methoxy groups -OCH3 is 1. The highest BCUT2D eigenvalue weighted by molar-refractivity contribution is 9.10. The van der Waals surface area contributed by atoms with Crippen molar-refractivity contribution in [1.82, 2.24) is 15.3 Å². The molecule has 0 saturated heterocycles. The molecule has 1 aliphatic rings. The SMILES string of the molecule is COc1ccc(Oc2nc(Nc3ccc(OCC(O)CNC4CCCC4)cc3)ncc2Br)cc1. The molecule has 0 spiro atoms. The van der Waals surface area contributed by atoms with Crippen LogP contribution in [-0.2, 0) is 0 Å². The Morgan fingerprint density at radius 1 is 1.03 bits per heavy atom. The molecule has 1 fully saturated rings. The molecule has 1 aliphatic carbocycles. The van der Waals surface area contributed by atoms with Gasteiger partial charge in [-0.05, 0) is 77.3 Å². The fourth-order valence-electron chi connectivity index (χ4n) is 3.69. The van der Waals surface area contributed by atoms with E-state index in [4.69, 9.17) is 14.2 Å². The summed E-state index contributed by atoms with van der Waals surface area (Å²) in [6.45, 7) is 0.792. The Kier molecular flexibility index (Phi) is 8.56. The van der Waals surface area contributed by atoms with Crippen LogP contribution in [0.1, 0.15) is 25.7 Å². The maximum atomic E-state index is 10.2. The predicted octanol–water partition coefficient (Wildman–Crippen LogP) is 5.06. The fourth-order valence-corrected chi connectivity index (χ4v) is 3.96. The molecule has 2 aromatic carbocycles. The van der Waals surface area contributed by atoms with Gasteiger partial charge in [-0.15, -0.1) is 0 Å². The number of nitrogens with one attached hydrogen (secondary N) is 2. The van der Waals surface area contributed by atoms with Crippen LogP contribution in [0.5, 0.6) is 23.1 Å². The van der Waals surface area contributed by atoms with E-state index >= 15 is 0 Å². The highest BCUT2D eigenvalue weighted by Crippen LogP contribution is 2.30. The minimum absolute atomic E-state index is 0.244. The summed E-state index contributed by atoms with van der Waals surface area (Å²) < 4.78 is 17.4. The van der Waals surface area contributed by atoms with Crippen LogP contribution in [-0.4, -0.2) is 47.5 Å². The lowest BCUT2D eigenvalue weighted by Gasteiger charge is -2.17. The number of benzene rings is 2. The molecule has 3 aromatic rings. The van der Waals surface area contributed by atoms with Gasteiger partial charge in [-0.3, -0.25) is 0 Å². The van der Waals surface area contributed by atoms with Crippen molar-refractivity contribution in [2.45, 2.75) is 37.8 Å².